The zero-order valence-electron chi connectivity index (χ0n) is 6.75. The van der Waals surface area contributed by atoms with E-state index in [4.69, 9.17) is 0 Å². The van der Waals surface area contributed by atoms with Gasteiger partial charge in [0.2, 0.25) is 0 Å². The van der Waals surface area contributed by atoms with Gasteiger partial charge in [-0.25, -0.2) is 9.44 Å². The molecule has 2 aromatic rings. The van der Waals surface area contributed by atoms with Crippen molar-refractivity contribution in [3.63, 3.8) is 0 Å². The van der Waals surface area contributed by atoms with Crippen molar-refractivity contribution < 1.29 is 0 Å². The van der Waals surface area contributed by atoms with Crippen LogP contribution in [-0.4, -0.2) is 14.5 Å². The molecule has 68 valence electrons. The van der Waals surface area contributed by atoms with E-state index in [0.29, 0.717) is 6.37 Å². The monoisotopic (exact) mass is 369 g/mol. The Kier molecular flexibility index (Phi) is 2.86. The summed E-state index contributed by atoms with van der Waals surface area (Å²) < 4.78 is 2.84. The lowest BCUT2D eigenvalue weighted by molar-refractivity contribution is 1.00. The Morgan fingerprint density at radius 3 is 3.08 bits per heavy atom. The molecule has 0 N–H and O–H groups in total. The number of hydrogen-bond donors (Lipinski definition) is 0. The van der Waals surface area contributed by atoms with E-state index in [-0.39, 0.29) is 0 Å². The highest BCUT2D eigenvalue weighted by molar-refractivity contribution is 14.2. The summed E-state index contributed by atoms with van der Waals surface area (Å²) in [5.41, 5.74) is 2.16. The first kappa shape index (κ1) is 9.80. The number of halogens is 2. The summed E-state index contributed by atoms with van der Waals surface area (Å²) in [4.78, 5) is 4.19. The average Bonchev–Trinajstić information content (AvgIpc) is 2.43. The van der Waals surface area contributed by atoms with Crippen molar-refractivity contribution in [1.29, 1.82) is 0 Å². The Balaban J connectivity index is 2.80. The molecule has 0 saturated carbocycles. The van der Waals surface area contributed by atoms with Crippen LogP contribution in [0, 0.1) is 6.92 Å². The first-order valence-electron chi connectivity index (χ1n) is 3.60. The van der Waals surface area contributed by atoms with Gasteiger partial charge < -0.3 is 0 Å². The lowest BCUT2D eigenvalue weighted by atomic mass is 10.3. The number of rotatable bonds is 1. The van der Waals surface area contributed by atoms with Gasteiger partial charge in [0.1, 0.15) is 4.60 Å². The van der Waals surface area contributed by atoms with Crippen LogP contribution in [0.15, 0.2) is 16.9 Å². The fourth-order valence-corrected chi connectivity index (χ4v) is 3.09. The second-order valence-electron chi connectivity index (χ2n) is 2.61. The molecule has 1 atom stereocenters. The molecule has 0 amide bonds. The summed E-state index contributed by atoms with van der Waals surface area (Å²) in [6, 6.07) is 2.00. The number of fused-ring (bicyclic) bond motifs is 1. The molecule has 2 heterocycles. The van der Waals surface area contributed by atoms with Crippen molar-refractivity contribution in [2.75, 3.05) is 0 Å². The molecule has 13 heavy (non-hydrogen) atoms. The molecule has 0 fully saturated rings. The van der Waals surface area contributed by atoms with Gasteiger partial charge in [0, 0.05) is 5.39 Å². The topological polar surface area (TPSA) is 30.7 Å². The number of hydrogen-bond acceptors (Lipinski definition) is 2. The summed E-state index contributed by atoms with van der Waals surface area (Å²) in [6.45, 7) is 2.02. The Hall–Kier alpha value is 0.260. The van der Waals surface area contributed by atoms with Gasteiger partial charge in [-0.3, -0.25) is 0 Å². The van der Waals surface area contributed by atoms with Gasteiger partial charge in [-0.2, -0.15) is 5.10 Å². The van der Waals surface area contributed by atoms with Crippen molar-refractivity contribution in [3.05, 3.63) is 22.6 Å². The van der Waals surface area contributed by atoms with Crippen LogP contribution < -0.4 is 0 Å². The maximum atomic E-state index is 4.41. The first-order chi connectivity index (χ1) is 6.22. The van der Waals surface area contributed by atoms with Crippen molar-refractivity contribution in [2.45, 2.75) is 6.92 Å². The molecule has 0 radical (unpaired) electrons. The van der Waals surface area contributed by atoms with Crippen molar-refractivity contribution in [1.82, 2.24) is 14.5 Å². The van der Waals surface area contributed by atoms with E-state index < -0.39 is 0 Å². The largest absolute Gasteiger partial charge is 0.247 e. The highest BCUT2D eigenvalue weighted by atomic mass is 127. The van der Waals surface area contributed by atoms with Crippen LogP contribution in [0.3, 0.4) is 0 Å². The minimum Gasteiger partial charge on any atom is -0.247 e. The Morgan fingerprint density at radius 1 is 1.62 bits per heavy atom. The van der Waals surface area contributed by atoms with Crippen LogP contribution in [0.2, 0.25) is 0 Å². The van der Waals surface area contributed by atoms with Crippen molar-refractivity contribution in [2.24, 2.45) is 0 Å². The van der Waals surface area contributed by atoms with E-state index in [0.717, 1.165) is 15.8 Å². The highest BCUT2D eigenvalue weighted by Crippen LogP contribution is 2.30. The highest BCUT2D eigenvalue weighted by Gasteiger charge is 2.06. The standard InChI is InChI=1S/C7H6BrIN3P/c1-4-5-2-7(8)10-3-6(5)12(11-4)13-9/h2-3,13H,1H3. The summed E-state index contributed by atoms with van der Waals surface area (Å²) in [6.07, 6.45) is 2.47. The summed E-state index contributed by atoms with van der Waals surface area (Å²) >= 11 is 5.66. The fourth-order valence-electron chi connectivity index (χ4n) is 1.20. The zero-order valence-corrected chi connectivity index (χ0v) is 11.5. The van der Waals surface area contributed by atoms with Crippen LogP contribution in [0.5, 0.6) is 0 Å². The lowest BCUT2D eigenvalue weighted by Crippen LogP contribution is -1.83. The molecule has 0 aliphatic rings. The first-order valence-corrected chi connectivity index (χ1v) is 8.45. The minimum absolute atomic E-state index is 0.622. The summed E-state index contributed by atoms with van der Waals surface area (Å²) in [7, 11) is 0. The average molecular weight is 370 g/mol. The van der Waals surface area contributed by atoms with Crippen LogP contribution >= 0.6 is 44.3 Å². The van der Waals surface area contributed by atoms with Gasteiger partial charge in [0.25, 0.3) is 0 Å². The van der Waals surface area contributed by atoms with E-state index >= 15 is 0 Å². The zero-order chi connectivity index (χ0) is 9.42. The molecule has 0 aromatic carbocycles. The van der Waals surface area contributed by atoms with Gasteiger partial charge >= 0.3 is 0 Å². The van der Waals surface area contributed by atoms with Crippen molar-refractivity contribution in [3.8, 4) is 0 Å². The summed E-state index contributed by atoms with van der Waals surface area (Å²) in [5, 5.41) is 5.58. The molecule has 0 aliphatic carbocycles. The molecule has 0 bridgehead atoms. The van der Waals surface area contributed by atoms with Crippen molar-refractivity contribution >= 4 is 55.2 Å². The van der Waals surface area contributed by atoms with Crippen LogP contribution in [0.1, 0.15) is 5.69 Å². The Labute approximate surface area is 98.8 Å². The molecular formula is C7H6BrIN3P. The van der Waals surface area contributed by atoms with E-state index in [2.05, 4.69) is 48.1 Å². The lowest BCUT2D eigenvalue weighted by Gasteiger charge is -1.95. The van der Waals surface area contributed by atoms with Gasteiger partial charge in [0.15, 0.2) is 0 Å². The van der Waals surface area contributed by atoms with Crippen LogP contribution in [0.4, 0.5) is 0 Å². The predicted octanol–water partition coefficient (Wildman–Crippen LogP) is 3.29. The molecule has 1 unspecified atom stereocenters. The van der Waals surface area contributed by atoms with E-state index in [1.54, 1.807) is 0 Å². The van der Waals surface area contributed by atoms with Crippen LogP contribution in [-0.2, 0) is 0 Å². The molecular weight excluding hydrogens is 364 g/mol. The third-order valence-corrected chi connectivity index (χ3v) is 4.10. The Bertz CT molecular complexity index is 456. The quantitative estimate of drug-likeness (QED) is 0.438. The third kappa shape index (κ3) is 1.74. The molecule has 0 spiro atoms. The predicted molar refractivity (Wildman–Crippen MR) is 67.7 cm³/mol. The molecule has 0 aliphatic heterocycles. The maximum absolute atomic E-state index is 4.41. The molecule has 0 saturated heterocycles. The molecule has 2 aromatic heterocycles. The smallest absolute Gasteiger partial charge is 0.106 e. The van der Waals surface area contributed by atoms with Gasteiger partial charge in [-0.05, 0) is 51.0 Å². The van der Waals surface area contributed by atoms with Gasteiger partial charge in [-0.1, -0.05) is 0 Å². The SMILES string of the molecule is Cc1nn(PI)c2cnc(Br)cc12. The Morgan fingerprint density at radius 2 is 2.38 bits per heavy atom. The third-order valence-electron chi connectivity index (χ3n) is 1.80. The number of aryl methyl sites for hydroxylation is 1. The summed E-state index contributed by atoms with van der Waals surface area (Å²) in [5.74, 6) is 0. The molecule has 2 rings (SSSR count). The van der Waals surface area contributed by atoms with Gasteiger partial charge in [-0.15, -0.1) is 0 Å². The number of aromatic nitrogens is 3. The number of pyridine rings is 1. The van der Waals surface area contributed by atoms with Gasteiger partial charge in [0.05, 0.1) is 23.8 Å². The fraction of sp³-hybridized carbons (Fsp3) is 0.143. The van der Waals surface area contributed by atoms with Crippen LogP contribution in [0.25, 0.3) is 10.9 Å². The minimum atomic E-state index is 0.622. The van der Waals surface area contributed by atoms with E-state index in [1.165, 1.54) is 5.39 Å². The molecule has 6 heteroatoms. The maximum Gasteiger partial charge on any atom is 0.106 e. The van der Waals surface area contributed by atoms with E-state index in [1.807, 2.05) is 23.6 Å². The normalized spacial score (nSPS) is 11.9. The number of nitrogens with zero attached hydrogens (tertiary/aromatic N) is 3. The second-order valence-corrected chi connectivity index (χ2v) is 5.46. The molecule has 3 nitrogen and oxygen atoms in total. The second kappa shape index (κ2) is 3.79. The van der Waals surface area contributed by atoms with E-state index in [9.17, 15) is 0 Å².